The molecule has 4 heterocycles. The standard InChI is InChI=1S/C22H30N4O2/c1-3-21(27)24-11-6-17(7-12-24)18-8-13-26-20(14-18)19(15-23-26)22(28)25-9-4-16(2)5-10-25/h8,13-17H,3-7,9-12H2,1-2H3. The molecule has 2 fully saturated rings. The van der Waals surface area contributed by atoms with Crippen molar-refractivity contribution in [2.75, 3.05) is 26.2 Å². The van der Waals surface area contributed by atoms with Crippen LogP contribution in [0.4, 0.5) is 0 Å². The third-order valence-electron chi connectivity index (χ3n) is 6.47. The fourth-order valence-corrected chi connectivity index (χ4v) is 4.48. The third-order valence-corrected chi connectivity index (χ3v) is 6.47. The van der Waals surface area contributed by atoms with Crippen molar-refractivity contribution in [3.8, 4) is 0 Å². The molecule has 0 atom stereocenters. The average Bonchev–Trinajstić information content (AvgIpc) is 3.16. The molecule has 6 nitrogen and oxygen atoms in total. The molecule has 2 amide bonds. The highest BCUT2D eigenvalue weighted by Gasteiger charge is 2.26. The Morgan fingerprint density at radius 1 is 1.07 bits per heavy atom. The van der Waals surface area contributed by atoms with Gasteiger partial charge in [-0.1, -0.05) is 13.8 Å². The summed E-state index contributed by atoms with van der Waals surface area (Å²) in [6, 6.07) is 4.24. The number of aromatic nitrogens is 2. The van der Waals surface area contributed by atoms with Gasteiger partial charge in [0.05, 0.1) is 17.3 Å². The molecule has 0 unspecified atom stereocenters. The van der Waals surface area contributed by atoms with E-state index in [9.17, 15) is 9.59 Å². The van der Waals surface area contributed by atoms with Gasteiger partial charge in [-0.2, -0.15) is 5.10 Å². The first kappa shape index (κ1) is 19.0. The maximum atomic E-state index is 13.0. The lowest BCUT2D eigenvalue weighted by Gasteiger charge is -2.32. The quantitative estimate of drug-likeness (QED) is 0.818. The van der Waals surface area contributed by atoms with Crippen LogP contribution in [0.2, 0.25) is 0 Å². The molecule has 150 valence electrons. The molecule has 28 heavy (non-hydrogen) atoms. The molecule has 2 aliphatic rings. The minimum Gasteiger partial charge on any atom is -0.343 e. The number of rotatable bonds is 3. The summed E-state index contributed by atoms with van der Waals surface area (Å²) >= 11 is 0. The van der Waals surface area contributed by atoms with Crippen LogP contribution in [0.5, 0.6) is 0 Å². The first-order chi connectivity index (χ1) is 13.6. The van der Waals surface area contributed by atoms with Crippen LogP contribution >= 0.6 is 0 Å². The molecule has 4 rings (SSSR count). The molecule has 0 aliphatic carbocycles. The Morgan fingerprint density at radius 2 is 1.75 bits per heavy atom. The van der Waals surface area contributed by atoms with E-state index in [1.807, 2.05) is 22.9 Å². The van der Waals surface area contributed by atoms with Gasteiger partial charge < -0.3 is 9.80 Å². The van der Waals surface area contributed by atoms with Crippen LogP contribution in [0.3, 0.4) is 0 Å². The van der Waals surface area contributed by atoms with Crippen LogP contribution in [0.1, 0.15) is 67.8 Å². The summed E-state index contributed by atoms with van der Waals surface area (Å²) in [5.74, 6) is 1.47. The summed E-state index contributed by atoms with van der Waals surface area (Å²) in [5, 5.41) is 4.40. The number of pyridine rings is 1. The van der Waals surface area contributed by atoms with Gasteiger partial charge >= 0.3 is 0 Å². The summed E-state index contributed by atoms with van der Waals surface area (Å²) in [6.07, 6.45) is 8.35. The molecule has 2 saturated heterocycles. The average molecular weight is 383 g/mol. The zero-order chi connectivity index (χ0) is 19.7. The summed E-state index contributed by atoms with van der Waals surface area (Å²) in [5.41, 5.74) is 2.85. The highest BCUT2D eigenvalue weighted by atomic mass is 16.2. The van der Waals surface area contributed by atoms with Crippen molar-refractivity contribution < 1.29 is 9.59 Å². The Balaban J connectivity index is 1.52. The SMILES string of the molecule is CCC(=O)N1CCC(c2ccn3ncc(C(=O)N4CCC(C)CC4)c3c2)CC1. The number of amides is 2. The molecule has 0 radical (unpaired) electrons. The number of likely N-dealkylation sites (tertiary alicyclic amines) is 2. The summed E-state index contributed by atoms with van der Waals surface area (Å²) < 4.78 is 1.80. The van der Waals surface area contributed by atoms with E-state index in [-0.39, 0.29) is 11.8 Å². The van der Waals surface area contributed by atoms with E-state index in [2.05, 4.69) is 24.2 Å². The fourth-order valence-electron chi connectivity index (χ4n) is 4.48. The number of hydrogen-bond donors (Lipinski definition) is 0. The third kappa shape index (κ3) is 3.64. The van der Waals surface area contributed by atoms with Gasteiger partial charge in [0.25, 0.3) is 5.91 Å². The molecule has 0 spiro atoms. The van der Waals surface area contributed by atoms with Gasteiger partial charge in [0.1, 0.15) is 0 Å². The molecule has 6 heteroatoms. The summed E-state index contributed by atoms with van der Waals surface area (Å²) in [6.45, 7) is 7.48. The number of carbonyl (C=O) groups is 2. The van der Waals surface area contributed by atoms with Gasteiger partial charge in [-0.25, -0.2) is 4.52 Å². The molecule has 0 aromatic carbocycles. The van der Waals surface area contributed by atoms with Crippen LogP contribution < -0.4 is 0 Å². The second-order valence-corrected chi connectivity index (χ2v) is 8.33. The van der Waals surface area contributed by atoms with Gasteiger partial charge in [0.2, 0.25) is 5.91 Å². The molecule has 2 aromatic rings. The number of fused-ring (bicyclic) bond motifs is 1. The van der Waals surface area contributed by atoms with Gasteiger partial charge in [-0.05, 0) is 55.2 Å². The number of piperidine rings is 2. The number of carbonyl (C=O) groups excluding carboxylic acids is 2. The largest absolute Gasteiger partial charge is 0.343 e. The van der Waals surface area contributed by atoms with Gasteiger partial charge in [-0.15, -0.1) is 0 Å². The zero-order valence-electron chi connectivity index (χ0n) is 16.9. The molecule has 2 aromatic heterocycles. The normalized spacial score (nSPS) is 19.4. The van der Waals surface area contributed by atoms with Crippen molar-refractivity contribution in [1.29, 1.82) is 0 Å². The van der Waals surface area contributed by atoms with Crippen molar-refractivity contribution in [2.45, 2.75) is 51.9 Å². The Kier molecular flexibility index (Phi) is 5.38. The van der Waals surface area contributed by atoms with Crippen LogP contribution in [-0.2, 0) is 4.79 Å². The van der Waals surface area contributed by atoms with Crippen molar-refractivity contribution in [3.63, 3.8) is 0 Å². The van der Waals surface area contributed by atoms with Gasteiger partial charge in [-0.3, -0.25) is 9.59 Å². The summed E-state index contributed by atoms with van der Waals surface area (Å²) in [4.78, 5) is 28.9. The van der Waals surface area contributed by atoms with Crippen molar-refractivity contribution in [1.82, 2.24) is 19.4 Å². The van der Waals surface area contributed by atoms with Crippen molar-refractivity contribution >= 4 is 17.3 Å². The molecule has 2 aliphatic heterocycles. The number of hydrogen-bond acceptors (Lipinski definition) is 3. The van der Waals surface area contributed by atoms with E-state index in [0.29, 0.717) is 23.8 Å². The maximum absolute atomic E-state index is 13.0. The van der Waals surface area contributed by atoms with Crippen LogP contribution in [-0.4, -0.2) is 57.4 Å². The predicted octanol–water partition coefficient (Wildman–Crippen LogP) is 3.32. The van der Waals surface area contributed by atoms with E-state index in [1.54, 1.807) is 10.7 Å². The Hall–Kier alpha value is -2.37. The molecular formula is C22H30N4O2. The Morgan fingerprint density at radius 3 is 2.43 bits per heavy atom. The Labute approximate surface area is 166 Å². The van der Waals surface area contributed by atoms with E-state index < -0.39 is 0 Å². The van der Waals surface area contributed by atoms with E-state index in [4.69, 9.17) is 0 Å². The van der Waals surface area contributed by atoms with E-state index in [1.165, 1.54) is 5.56 Å². The van der Waals surface area contributed by atoms with E-state index in [0.717, 1.165) is 57.4 Å². The second kappa shape index (κ2) is 7.94. The van der Waals surface area contributed by atoms with Crippen molar-refractivity contribution in [3.05, 3.63) is 35.7 Å². The van der Waals surface area contributed by atoms with Gasteiger partial charge in [0.15, 0.2) is 0 Å². The monoisotopic (exact) mass is 382 g/mol. The molecule has 0 N–H and O–H groups in total. The minimum absolute atomic E-state index is 0.0995. The lowest BCUT2D eigenvalue weighted by Crippen LogP contribution is -2.38. The smallest absolute Gasteiger partial charge is 0.257 e. The Bertz CT molecular complexity index is 859. The highest BCUT2D eigenvalue weighted by molar-refractivity contribution is 6.00. The first-order valence-corrected chi connectivity index (χ1v) is 10.6. The topological polar surface area (TPSA) is 57.9 Å². The van der Waals surface area contributed by atoms with Crippen LogP contribution in [0, 0.1) is 5.92 Å². The maximum Gasteiger partial charge on any atom is 0.257 e. The minimum atomic E-state index is 0.0995. The lowest BCUT2D eigenvalue weighted by atomic mass is 9.89. The first-order valence-electron chi connectivity index (χ1n) is 10.6. The zero-order valence-corrected chi connectivity index (χ0v) is 16.9. The molecule has 0 saturated carbocycles. The number of nitrogens with zero attached hydrogens (tertiary/aromatic N) is 4. The van der Waals surface area contributed by atoms with Crippen LogP contribution in [0.15, 0.2) is 24.5 Å². The predicted molar refractivity (Wildman–Crippen MR) is 108 cm³/mol. The van der Waals surface area contributed by atoms with E-state index >= 15 is 0 Å². The fraction of sp³-hybridized carbons (Fsp3) is 0.591. The summed E-state index contributed by atoms with van der Waals surface area (Å²) in [7, 11) is 0. The van der Waals surface area contributed by atoms with Gasteiger partial charge in [0, 0.05) is 38.8 Å². The van der Waals surface area contributed by atoms with Crippen molar-refractivity contribution in [2.24, 2.45) is 5.92 Å². The molecule has 0 bridgehead atoms. The second-order valence-electron chi connectivity index (χ2n) is 8.33. The van der Waals surface area contributed by atoms with Crippen LogP contribution in [0.25, 0.3) is 5.52 Å². The molecular weight excluding hydrogens is 352 g/mol. The highest BCUT2D eigenvalue weighted by Crippen LogP contribution is 2.30. The lowest BCUT2D eigenvalue weighted by molar-refractivity contribution is -0.131.